The fraction of sp³-hybridized carbons (Fsp3) is 0.455. The number of methoxy groups -OCH3 is 1. The molecule has 0 unspecified atom stereocenters. The second kappa shape index (κ2) is 9.64. The van der Waals surface area contributed by atoms with Crippen LogP contribution in [0.5, 0.6) is 5.75 Å². The van der Waals surface area contributed by atoms with Crippen LogP contribution in [0.1, 0.15) is 5.56 Å². The third-order valence-corrected chi connectivity index (χ3v) is 2.20. The normalized spacial score (nSPS) is 11.7. The van der Waals surface area contributed by atoms with Crippen LogP contribution in [0.2, 0.25) is 0 Å². The zero-order valence-electron chi connectivity index (χ0n) is 10.9. The molecular formula is C11H15Cl2F3N2O3. The number of hydrogen-bond donors (Lipinski definition) is 1. The molecule has 0 amide bonds. The minimum absolute atomic E-state index is 0. The number of esters is 1. The fourth-order valence-electron chi connectivity index (χ4n) is 1.35. The van der Waals surface area contributed by atoms with Gasteiger partial charge < -0.3 is 15.2 Å². The highest BCUT2D eigenvalue weighted by atomic mass is 35.5. The monoisotopic (exact) mass is 350 g/mol. The van der Waals surface area contributed by atoms with E-state index < -0.39 is 24.8 Å². The highest BCUT2D eigenvalue weighted by molar-refractivity contribution is 5.85. The first-order valence-corrected chi connectivity index (χ1v) is 5.29. The number of alkyl halides is 3. The Morgan fingerprint density at radius 3 is 2.57 bits per heavy atom. The Morgan fingerprint density at radius 1 is 1.43 bits per heavy atom. The van der Waals surface area contributed by atoms with E-state index in [1.165, 1.54) is 19.5 Å². The van der Waals surface area contributed by atoms with E-state index in [1.54, 1.807) is 6.07 Å². The topological polar surface area (TPSA) is 74.4 Å². The maximum atomic E-state index is 11.9. The van der Waals surface area contributed by atoms with Crippen molar-refractivity contribution in [1.82, 2.24) is 4.98 Å². The van der Waals surface area contributed by atoms with Crippen LogP contribution in [0.3, 0.4) is 0 Å². The average molecular weight is 351 g/mol. The molecule has 0 saturated carbocycles. The third-order valence-electron chi connectivity index (χ3n) is 2.20. The molecule has 5 nitrogen and oxygen atoms in total. The van der Waals surface area contributed by atoms with Crippen molar-refractivity contribution in [3.8, 4) is 5.75 Å². The minimum atomic E-state index is -4.57. The van der Waals surface area contributed by atoms with Crippen LogP contribution in [0.4, 0.5) is 13.2 Å². The minimum Gasteiger partial charge on any atom is -0.496 e. The average Bonchev–Trinajstić information content (AvgIpc) is 2.35. The number of aromatic nitrogens is 1. The molecule has 21 heavy (non-hydrogen) atoms. The van der Waals surface area contributed by atoms with Gasteiger partial charge >= 0.3 is 12.1 Å². The lowest BCUT2D eigenvalue weighted by atomic mass is 10.1. The molecule has 0 aliphatic rings. The molecule has 0 aliphatic carbocycles. The first-order valence-electron chi connectivity index (χ1n) is 5.29. The zero-order valence-corrected chi connectivity index (χ0v) is 12.6. The molecule has 0 saturated heterocycles. The van der Waals surface area contributed by atoms with Gasteiger partial charge in [0.1, 0.15) is 11.8 Å². The Kier molecular flexibility index (Phi) is 10.1. The van der Waals surface area contributed by atoms with Gasteiger partial charge in [-0.15, -0.1) is 24.8 Å². The van der Waals surface area contributed by atoms with Gasteiger partial charge in [0, 0.05) is 24.4 Å². The first kappa shape index (κ1) is 22.0. The zero-order chi connectivity index (χ0) is 14.5. The first-order chi connectivity index (χ1) is 8.83. The van der Waals surface area contributed by atoms with E-state index in [1.807, 2.05) is 0 Å². The van der Waals surface area contributed by atoms with Gasteiger partial charge in [0.2, 0.25) is 0 Å². The molecule has 0 aliphatic heterocycles. The van der Waals surface area contributed by atoms with Crippen LogP contribution >= 0.6 is 24.8 Å². The van der Waals surface area contributed by atoms with E-state index >= 15 is 0 Å². The molecule has 1 aromatic rings. The molecule has 0 radical (unpaired) electrons. The number of carbonyl (C=O) groups excluding carboxylic acids is 1. The van der Waals surface area contributed by atoms with Crippen molar-refractivity contribution >= 4 is 30.8 Å². The van der Waals surface area contributed by atoms with Gasteiger partial charge in [0.15, 0.2) is 6.61 Å². The number of nitrogens with zero attached hydrogens (tertiary/aromatic N) is 1. The summed E-state index contributed by atoms with van der Waals surface area (Å²) in [5.41, 5.74) is 5.99. The molecule has 0 fully saturated rings. The van der Waals surface area contributed by atoms with E-state index in [4.69, 9.17) is 10.5 Å². The second-order valence-electron chi connectivity index (χ2n) is 3.72. The van der Waals surface area contributed by atoms with Crippen LogP contribution in [-0.4, -0.2) is 36.9 Å². The molecule has 122 valence electrons. The Hall–Kier alpha value is -1.25. The fourth-order valence-corrected chi connectivity index (χ4v) is 1.35. The van der Waals surface area contributed by atoms with E-state index in [-0.39, 0.29) is 31.2 Å². The molecule has 0 bridgehead atoms. The van der Waals surface area contributed by atoms with Crippen molar-refractivity contribution in [2.75, 3.05) is 13.7 Å². The summed E-state index contributed by atoms with van der Waals surface area (Å²) < 4.78 is 44.7. The van der Waals surface area contributed by atoms with Gasteiger partial charge in [-0.1, -0.05) is 0 Å². The highest BCUT2D eigenvalue weighted by Gasteiger charge is 2.31. The van der Waals surface area contributed by atoms with Gasteiger partial charge in [-0.2, -0.15) is 13.2 Å². The number of ether oxygens (including phenoxy) is 2. The predicted octanol–water partition coefficient (Wildman–Crippen LogP) is 1.91. The van der Waals surface area contributed by atoms with Crippen LogP contribution in [0.15, 0.2) is 18.5 Å². The predicted molar refractivity (Wildman–Crippen MR) is 74.0 cm³/mol. The Balaban J connectivity index is 0. The van der Waals surface area contributed by atoms with Crippen molar-refractivity contribution in [3.63, 3.8) is 0 Å². The van der Waals surface area contributed by atoms with Gasteiger partial charge in [0.25, 0.3) is 0 Å². The summed E-state index contributed by atoms with van der Waals surface area (Å²) in [5.74, 6) is -0.669. The van der Waals surface area contributed by atoms with Gasteiger partial charge in [0.05, 0.1) is 7.11 Å². The van der Waals surface area contributed by atoms with E-state index in [0.29, 0.717) is 11.3 Å². The summed E-state index contributed by atoms with van der Waals surface area (Å²) in [6, 6.07) is 0.351. The standard InChI is InChI=1S/C11H13F3N2O3.2ClH/c1-18-9-2-3-16-5-7(9)4-8(15)10(17)19-6-11(12,13)14;;/h2-3,5,8H,4,6,15H2,1H3;2*1H/t8-;;/m0../s1. The lowest BCUT2D eigenvalue weighted by Gasteiger charge is -2.14. The lowest BCUT2D eigenvalue weighted by Crippen LogP contribution is -2.36. The van der Waals surface area contributed by atoms with Crippen LogP contribution in [0, 0.1) is 0 Å². The molecule has 1 atom stereocenters. The van der Waals surface area contributed by atoms with E-state index in [2.05, 4.69) is 9.72 Å². The molecule has 1 aromatic heterocycles. The van der Waals surface area contributed by atoms with Crippen molar-refractivity contribution in [1.29, 1.82) is 0 Å². The van der Waals surface area contributed by atoms with Crippen LogP contribution in [-0.2, 0) is 16.0 Å². The lowest BCUT2D eigenvalue weighted by molar-refractivity contribution is -0.187. The largest absolute Gasteiger partial charge is 0.496 e. The molecule has 0 aromatic carbocycles. The highest BCUT2D eigenvalue weighted by Crippen LogP contribution is 2.18. The SMILES string of the molecule is COc1ccncc1C[C@H](N)C(=O)OCC(F)(F)F.Cl.Cl. The molecular weight excluding hydrogens is 336 g/mol. The van der Waals surface area contributed by atoms with Gasteiger partial charge in [-0.05, 0) is 6.07 Å². The quantitative estimate of drug-likeness (QED) is 0.821. The number of rotatable bonds is 5. The Morgan fingerprint density at radius 2 is 2.05 bits per heavy atom. The van der Waals surface area contributed by atoms with Gasteiger partial charge in [-0.3, -0.25) is 9.78 Å². The third kappa shape index (κ3) is 7.93. The number of halogens is 5. The Bertz CT molecular complexity index is 447. The smallest absolute Gasteiger partial charge is 0.422 e. The molecule has 2 N–H and O–H groups in total. The summed E-state index contributed by atoms with van der Waals surface area (Å²) in [6.45, 7) is -1.65. The molecule has 10 heteroatoms. The van der Waals surface area contributed by atoms with Crippen LogP contribution in [0.25, 0.3) is 0 Å². The summed E-state index contributed by atoms with van der Waals surface area (Å²) in [7, 11) is 1.42. The maximum absolute atomic E-state index is 11.9. The molecule has 1 rings (SSSR count). The van der Waals surface area contributed by atoms with E-state index in [0.717, 1.165) is 0 Å². The number of hydrogen-bond acceptors (Lipinski definition) is 5. The Labute approximate surface area is 131 Å². The summed E-state index contributed by atoms with van der Waals surface area (Å²) in [5, 5.41) is 0. The second-order valence-corrected chi connectivity index (χ2v) is 3.72. The summed E-state index contributed by atoms with van der Waals surface area (Å²) in [6.07, 6.45) is -1.68. The maximum Gasteiger partial charge on any atom is 0.422 e. The van der Waals surface area contributed by atoms with Crippen molar-refractivity contribution in [2.24, 2.45) is 5.73 Å². The molecule has 0 spiro atoms. The van der Waals surface area contributed by atoms with Crippen LogP contribution < -0.4 is 10.5 Å². The van der Waals surface area contributed by atoms with E-state index in [9.17, 15) is 18.0 Å². The van der Waals surface area contributed by atoms with Crippen molar-refractivity contribution < 1.29 is 27.4 Å². The molecule has 1 heterocycles. The summed E-state index contributed by atoms with van der Waals surface area (Å²) in [4.78, 5) is 15.1. The van der Waals surface area contributed by atoms with Crippen molar-refractivity contribution in [3.05, 3.63) is 24.0 Å². The van der Waals surface area contributed by atoms with Crippen molar-refractivity contribution in [2.45, 2.75) is 18.6 Å². The summed E-state index contributed by atoms with van der Waals surface area (Å²) >= 11 is 0. The number of pyridine rings is 1. The number of nitrogens with two attached hydrogens (primary N) is 1. The number of carbonyl (C=O) groups is 1. The van der Waals surface area contributed by atoms with Gasteiger partial charge in [-0.25, -0.2) is 0 Å².